The van der Waals surface area contributed by atoms with Crippen molar-refractivity contribution in [2.24, 2.45) is 0 Å². The molecule has 7 heteroatoms. The predicted molar refractivity (Wildman–Crippen MR) is 75.9 cm³/mol. The van der Waals surface area contributed by atoms with Gasteiger partial charge in [0.2, 0.25) is 0 Å². The van der Waals surface area contributed by atoms with Gasteiger partial charge in [0.15, 0.2) is 0 Å². The monoisotopic (exact) mass is 284 g/mol. The number of aromatic nitrogens is 2. The first kappa shape index (κ1) is 12.9. The van der Waals surface area contributed by atoms with E-state index in [9.17, 15) is 14.5 Å². The molecule has 1 heterocycles. The number of benzene rings is 2. The Labute approximate surface area is 118 Å². The van der Waals surface area contributed by atoms with Crippen LogP contribution in [0.4, 0.5) is 21.6 Å². The Morgan fingerprint density at radius 2 is 2.00 bits per heavy atom. The number of anilines is 2. The summed E-state index contributed by atoms with van der Waals surface area (Å²) in [7, 11) is 0. The maximum Gasteiger partial charge on any atom is 0.271 e. The summed E-state index contributed by atoms with van der Waals surface area (Å²) in [6.07, 6.45) is 1.35. The molecule has 21 heavy (non-hydrogen) atoms. The van der Waals surface area contributed by atoms with Crippen molar-refractivity contribution in [3.05, 3.63) is 64.7 Å². The van der Waals surface area contributed by atoms with Crippen molar-refractivity contribution in [2.75, 3.05) is 5.32 Å². The number of hydrogen-bond donors (Lipinski definition) is 1. The van der Waals surface area contributed by atoms with Gasteiger partial charge in [-0.15, -0.1) is 0 Å². The van der Waals surface area contributed by atoms with Crippen LogP contribution in [0.1, 0.15) is 0 Å². The number of nitro groups is 1. The fraction of sp³-hybridized carbons (Fsp3) is 0. The molecule has 0 saturated heterocycles. The van der Waals surface area contributed by atoms with E-state index in [1.807, 2.05) is 0 Å². The minimum atomic E-state index is -0.483. The van der Waals surface area contributed by atoms with Crippen molar-refractivity contribution < 1.29 is 9.31 Å². The maximum atomic E-state index is 13.4. The normalized spacial score (nSPS) is 10.5. The number of rotatable bonds is 3. The van der Waals surface area contributed by atoms with E-state index in [1.54, 1.807) is 18.2 Å². The highest BCUT2D eigenvalue weighted by Crippen LogP contribution is 2.25. The molecular weight excluding hydrogens is 275 g/mol. The van der Waals surface area contributed by atoms with E-state index in [1.165, 1.54) is 30.6 Å². The molecule has 2 aromatic carbocycles. The van der Waals surface area contributed by atoms with Crippen LogP contribution in [0.3, 0.4) is 0 Å². The Balaban J connectivity index is 2.04. The molecule has 3 aromatic rings. The van der Waals surface area contributed by atoms with Crippen LogP contribution in [0.2, 0.25) is 0 Å². The zero-order valence-corrected chi connectivity index (χ0v) is 10.7. The highest BCUT2D eigenvalue weighted by atomic mass is 19.1. The average molecular weight is 284 g/mol. The first-order valence-electron chi connectivity index (χ1n) is 6.05. The number of hydrogen-bond acceptors (Lipinski definition) is 5. The van der Waals surface area contributed by atoms with Crippen molar-refractivity contribution in [1.82, 2.24) is 9.97 Å². The molecule has 0 aliphatic carbocycles. The topological polar surface area (TPSA) is 81.0 Å². The van der Waals surface area contributed by atoms with Gasteiger partial charge in [-0.1, -0.05) is 6.07 Å². The standard InChI is InChI=1S/C14H9FN4O2/c15-9-4-5-13-12(6-9)14(17-8-16-13)18-10-2-1-3-11(7-10)19(20)21/h1-8H,(H,16,17,18). The zero-order chi connectivity index (χ0) is 14.8. The van der Waals surface area contributed by atoms with Crippen LogP contribution in [0.25, 0.3) is 10.9 Å². The molecule has 0 amide bonds. The number of fused-ring (bicyclic) bond motifs is 1. The molecule has 0 spiro atoms. The van der Waals surface area contributed by atoms with E-state index in [2.05, 4.69) is 15.3 Å². The second-order valence-corrected chi connectivity index (χ2v) is 4.32. The lowest BCUT2D eigenvalue weighted by atomic mass is 10.2. The fourth-order valence-corrected chi connectivity index (χ4v) is 1.96. The Bertz CT molecular complexity index is 838. The van der Waals surface area contributed by atoms with Gasteiger partial charge < -0.3 is 5.32 Å². The Hall–Kier alpha value is -3.09. The quantitative estimate of drug-likeness (QED) is 0.588. The summed E-state index contributed by atoms with van der Waals surface area (Å²) >= 11 is 0. The second kappa shape index (κ2) is 5.12. The molecule has 0 saturated carbocycles. The third-order valence-corrected chi connectivity index (χ3v) is 2.92. The van der Waals surface area contributed by atoms with E-state index in [0.29, 0.717) is 22.4 Å². The summed E-state index contributed by atoms with van der Waals surface area (Å²) in [6, 6.07) is 10.2. The molecule has 104 valence electrons. The van der Waals surface area contributed by atoms with Gasteiger partial charge in [0.05, 0.1) is 10.4 Å². The summed E-state index contributed by atoms with van der Waals surface area (Å²) in [5.41, 5.74) is 1.04. The van der Waals surface area contributed by atoms with Crippen LogP contribution in [-0.2, 0) is 0 Å². The summed E-state index contributed by atoms with van der Waals surface area (Å²) in [5.74, 6) is -0.0145. The number of halogens is 1. The van der Waals surface area contributed by atoms with Crippen molar-refractivity contribution in [3.8, 4) is 0 Å². The van der Waals surface area contributed by atoms with E-state index in [4.69, 9.17) is 0 Å². The molecule has 0 atom stereocenters. The minimum absolute atomic E-state index is 0.0375. The number of nitrogens with zero attached hydrogens (tertiary/aromatic N) is 3. The summed E-state index contributed by atoms with van der Waals surface area (Å²) in [4.78, 5) is 18.4. The van der Waals surface area contributed by atoms with Gasteiger partial charge in [0, 0.05) is 23.2 Å². The summed E-state index contributed by atoms with van der Waals surface area (Å²) in [5, 5.41) is 14.2. The van der Waals surface area contributed by atoms with Gasteiger partial charge >= 0.3 is 0 Å². The number of nitro benzene ring substituents is 1. The van der Waals surface area contributed by atoms with Crippen LogP contribution >= 0.6 is 0 Å². The van der Waals surface area contributed by atoms with Crippen LogP contribution in [0.15, 0.2) is 48.8 Å². The lowest BCUT2D eigenvalue weighted by Crippen LogP contribution is -1.97. The van der Waals surface area contributed by atoms with Gasteiger partial charge in [-0.2, -0.15) is 0 Å². The predicted octanol–water partition coefficient (Wildman–Crippen LogP) is 3.42. The van der Waals surface area contributed by atoms with E-state index in [-0.39, 0.29) is 5.69 Å². The Kier molecular flexibility index (Phi) is 3.15. The molecule has 0 aliphatic rings. The summed E-state index contributed by atoms with van der Waals surface area (Å²) < 4.78 is 13.4. The molecule has 1 N–H and O–H groups in total. The lowest BCUT2D eigenvalue weighted by molar-refractivity contribution is -0.384. The van der Waals surface area contributed by atoms with Crippen LogP contribution < -0.4 is 5.32 Å². The summed E-state index contributed by atoms with van der Waals surface area (Å²) in [6.45, 7) is 0. The second-order valence-electron chi connectivity index (χ2n) is 4.32. The van der Waals surface area contributed by atoms with Gasteiger partial charge in [-0.05, 0) is 24.3 Å². The van der Waals surface area contributed by atoms with Crippen molar-refractivity contribution >= 4 is 28.1 Å². The van der Waals surface area contributed by atoms with Crippen molar-refractivity contribution in [3.63, 3.8) is 0 Å². The maximum absolute atomic E-state index is 13.4. The van der Waals surface area contributed by atoms with E-state index in [0.717, 1.165) is 0 Å². The molecule has 3 rings (SSSR count). The first-order valence-corrected chi connectivity index (χ1v) is 6.05. The number of non-ortho nitro benzene ring substituents is 1. The third kappa shape index (κ3) is 2.62. The van der Waals surface area contributed by atoms with Crippen LogP contribution in [0.5, 0.6) is 0 Å². The molecule has 6 nitrogen and oxygen atoms in total. The highest BCUT2D eigenvalue weighted by molar-refractivity contribution is 5.90. The molecule has 1 aromatic heterocycles. The van der Waals surface area contributed by atoms with Gasteiger partial charge in [0.1, 0.15) is 18.0 Å². The van der Waals surface area contributed by atoms with Gasteiger partial charge in [-0.25, -0.2) is 14.4 Å². The molecule has 0 unspecified atom stereocenters. The zero-order valence-electron chi connectivity index (χ0n) is 10.7. The SMILES string of the molecule is O=[N+]([O-])c1cccc(Nc2ncnc3ccc(F)cc23)c1. The Morgan fingerprint density at radius 3 is 2.81 bits per heavy atom. The molecule has 0 bridgehead atoms. The van der Waals surface area contributed by atoms with E-state index >= 15 is 0 Å². The van der Waals surface area contributed by atoms with Gasteiger partial charge in [-0.3, -0.25) is 10.1 Å². The minimum Gasteiger partial charge on any atom is -0.339 e. The lowest BCUT2D eigenvalue weighted by Gasteiger charge is -2.08. The third-order valence-electron chi connectivity index (χ3n) is 2.92. The molecule has 0 radical (unpaired) electrons. The van der Waals surface area contributed by atoms with Crippen molar-refractivity contribution in [1.29, 1.82) is 0 Å². The fourth-order valence-electron chi connectivity index (χ4n) is 1.96. The average Bonchev–Trinajstić information content (AvgIpc) is 2.48. The smallest absolute Gasteiger partial charge is 0.271 e. The highest BCUT2D eigenvalue weighted by Gasteiger charge is 2.09. The molecule has 0 fully saturated rings. The Morgan fingerprint density at radius 1 is 1.14 bits per heavy atom. The molecule has 0 aliphatic heterocycles. The van der Waals surface area contributed by atoms with Crippen LogP contribution in [-0.4, -0.2) is 14.9 Å². The van der Waals surface area contributed by atoms with Crippen LogP contribution in [0, 0.1) is 15.9 Å². The molecular formula is C14H9FN4O2. The largest absolute Gasteiger partial charge is 0.339 e. The first-order chi connectivity index (χ1) is 10.1. The van der Waals surface area contributed by atoms with Crippen molar-refractivity contribution in [2.45, 2.75) is 0 Å². The van der Waals surface area contributed by atoms with Gasteiger partial charge in [0.25, 0.3) is 5.69 Å². The number of nitrogens with one attached hydrogen (secondary N) is 1. The van der Waals surface area contributed by atoms with E-state index < -0.39 is 10.7 Å².